The number of carbonyl (C=O) groups excluding carboxylic acids is 2. The van der Waals surface area contributed by atoms with Gasteiger partial charge >= 0.3 is 17.9 Å². The first-order chi connectivity index (χ1) is 11.2. The number of carbonyl (C=O) groups is 4. The van der Waals surface area contributed by atoms with Crippen molar-refractivity contribution in [3.63, 3.8) is 0 Å². The van der Waals surface area contributed by atoms with Crippen LogP contribution in [0.15, 0.2) is 5.38 Å². The van der Waals surface area contributed by atoms with Gasteiger partial charge in [0, 0.05) is 19.4 Å². The van der Waals surface area contributed by atoms with Crippen molar-refractivity contribution in [2.24, 2.45) is 0 Å². The third-order valence-corrected chi connectivity index (χ3v) is 3.55. The maximum absolute atomic E-state index is 12.1. The van der Waals surface area contributed by atoms with E-state index in [1.54, 1.807) is 0 Å². The SMILES string of the molecule is COC(=O)C(NC(OC)C(=O)O)(C(=O)O)c1csc(NC(C)=O)n1. The largest absolute Gasteiger partial charge is 0.479 e. The average molecular weight is 361 g/mol. The fourth-order valence-corrected chi connectivity index (χ4v) is 2.53. The number of aromatic nitrogens is 1. The molecule has 0 fully saturated rings. The molecule has 2 unspecified atom stereocenters. The zero-order valence-electron chi connectivity index (χ0n) is 12.9. The fourth-order valence-electron chi connectivity index (χ4n) is 1.72. The summed E-state index contributed by atoms with van der Waals surface area (Å²) < 4.78 is 9.12. The molecule has 1 amide bonds. The summed E-state index contributed by atoms with van der Waals surface area (Å²) in [6, 6.07) is 0. The van der Waals surface area contributed by atoms with Crippen molar-refractivity contribution in [2.75, 3.05) is 19.5 Å². The third kappa shape index (κ3) is 3.84. The Morgan fingerprint density at radius 1 is 1.29 bits per heavy atom. The van der Waals surface area contributed by atoms with E-state index in [4.69, 9.17) is 5.11 Å². The smallest absolute Gasteiger partial charge is 0.348 e. The van der Waals surface area contributed by atoms with Gasteiger partial charge in [0.15, 0.2) is 5.13 Å². The highest BCUT2D eigenvalue weighted by molar-refractivity contribution is 7.14. The normalized spacial score (nSPS) is 14.3. The first-order valence-corrected chi connectivity index (χ1v) is 7.15. The van der Waals surface area contributed by atoms with E-state index in [2.05, 4.69) is 25.1 Å². The second kappa shape index (κ2) is 7.81. The molecule has 132 valence electrons. The summed E-state index contributed by atoms with van der Waals surface area (Å²) in [7, 11) is 1.95. The van der Waals surface area contributed by atoms with Crippen LogP contribution < -0.4 is 10.6 Å². The van der Waals surface area contributed by atoms with Crippen LogP contribution >= 0.6 is 11.3 Å². The minimum atomic E-state index is -2.64. The number of aliphatic carboxylic acids is 2. The van der Waals surface area contributed by atoms with Crippen LogP contribution in [0.2, 0.25) is 0 Å². The molecule has 0 aromatic carbocycles. The van der Waals surface area contributed by atoms with E-state index in [0.29, 0.717) is 0 Å². The number of ether oxygens (including phenoxy) is 2. The molecule has 24 heavy (non-hydrogen) atoms. The van der Waals surface area contributed by atoms with E-state index in [1.165, 1.54) is 12.3 Å². The zero-order chi connectivity index (χ0) is 18.5. The van der Waals surface area contributed by atoms with Gasteiger partial charge in [0.2, 0.25) is 12.1 Å². The summed E-state index contributed by atoms with van der Waals surface area (Å²) >= 11 is 0.851. The second-order valence-electron chi connectivity index (χ2n) is 4.36. The van der Waals surface area contributed by atoms with E-state index >= 15 is 0 Å². The number of amides is 1. The summed E-state index contributed by atoms with van der Waals surface area (Å²) in [5.41, 5.74) is -3.00. The van der Waals surface area contributed by atoms with E-state index in [-0.39, 0.29) is 10.8 Å². The van der Waals surface area contributed by atoms with Crippen molar-refractivity contribution in [1.82, 2.24) is 10.3 Å². The van der Waals surface area contributed by atoms with Crippen LogP contribution in [-0.2, 0) is 34.2 Å². The van der Waals surface area contributed by atoms with Crippen molar-refractivity contribution in [3.8, 4) is 0 Å². The Hall–Kier alpha value is -2.57. The summed E-state index contributed by atoms with van der Waals surface area (Å²) in [4.78, 5) is 50.0. The highest BCUT2D eigenvalue weighted by Gasteiger charge is 2.54. The maximum Gasteiger partial charge on any atom is 0.348 e. The van der Waals surface area contributed by atoms with Crippen molar-refractivity contribution in [2.45, 2.75) is 18.7 Å². The number of rotatable bonds is 8. The molecule has 12 heteroatoms. The van der Waals surface area contributed by atoms with Crippen LogP contribution in [0.25, 0.3) is 0 Å². The monoisotopic (exact) mass is 361 g/mol. The van der Waals surface area contributed by atoms with Gasteiger partial charge in [-0.1, -0.05) is 0 Å². The van der Waals surface area contributed by atoms with Crippen LogP contribution in [0, 0.1) is 0 Å². The minimum absolute atomic E-state index is 0.0260. The summed E-state index contributed by atoms with van der Waals surface area (Å²) in [6.07, 6.45) is -1.83. The lowest BCUT2D eigenvalue weighted by Gasteiger charge is -2.28. The minimum Gasteiger partial charge on any atom is -0.479 e. The Bertz CT molecular complexity index is 660. The lowest BCUT2D eigenvalue weighted by Crippen LogP contribution is -2.61. The van der Waals surface area contributed by atoms with E-state index < -0.39 is 35.6 Å². The molecule has 0 saturated heterocycles. The summed E-state index contributed by atoms with van der Waals surface area (Å²) in [5.74, 6) is -5.07. The van der Waals surface area contributed by atoms with E-state index in [1.807, 2.05) is 0 Å². The topological polar surface area (TPSA) is 164 Å². The van der Waals surface area contributed by atoms with Crippen molar-refractivity contribution in [3.05, 3.63) is 11.1 Å². The van der Waals surface area contributed by atoms with Gasteiger partial charge in [0.1, 0.15) is 0 Å². The number of nitrogens with zero attached hydrogens (tertiary/aromatic N) is 1. The second-order valence-corrected chi connectivity index (χ2v) is 5.22. The number of anilines is 1. The first-order valence-electron chi connectivity index (χ1n) is 6.27. The van der Waals surface area contributed by atoms with Gasteiger partial charge in [0.05, 0.1) is 12.8 Å². The van der Waals surface area contributed by atoms with Gasteiger partial charge in [-0.2, -0.15) is 0 Å². The van der Waals surface area contributed by atoms with Crippen LogP contribution in [0.3, 0.4) is 0 Å². The van der Waals surface area contributed by atoms with Gasteiger partial charge in [-0.3, -0.25) is 10.1 Å². The molecule has 0 aliphatic heterocycles. The predicted molar refractivity (Wildman–Crippen MR) is 79.3 cm³/mol. The Kier molecular flexibility index (Phi) is 6.34. The maximum atomic E-state index is 12.1. The van der Waals surface area contributed by atoms with Crippen LogP contribution in [0.5, 0.6) is 0 Å². The third-order valence-electron chi connectivity index (χ3n) is 2.79. The average Bonchev–Trinajstić information content (AvgIpc) is 2.95. The molecule has 1 aromatic rings. The van der Waals surface area contributed by atoms with Gasteiger partial charge in [0.25, 0.3) is 5.54 Å². The van der Waals surface area contributed by atoms with Crippen molar-refractivity contribution >= 4 is 40.3 Å². The number of hydrogen-bond donors (Lipinski definition) is 4. The molecule has 0 bridgehead atoms. The number of carboxylic acids is 2. The van der Waals surface area contributed by atoms with Crippen LogP contribution in [-0.4, -0.2) is 59.5 Å². The van der Waals surface area contributed by atoms with E-state index in [9.17, 15) is 24.3 Å². The molecule has 2 atom stereocenters. The first kappa shape index (κ1) is 19.5. The lowest BCUT2D eigenvalue weighted by atomic mass is 9.95. The van der Waals surface area contributed by atoms with Crippen molar-refractivity contribution in [1.29, 1.82) is 0 Å². The number of thiazole rings is 1. The molecule has 4 N–H and O–H groups in total. The molecule has 0 aliphatic rings. The number of hydrogen-bond acceptors (Lipinski definition) is 9. The summed E-state index contributed by atoms with van der Waals surface area (Å²) in [6.45, 7) is 1.22. The molecule has 0 radical (unpaired) electrons. The van der Waals surface area contributed by atoms with E-state index in [0.717, 1.165) is 25.6 Å². The van der Waals surface area contributed by atoms with Crippen LogP contribution in [0.1, 0.15) is 12.6 Å². The molecule has 0 saturated carbocycles. The van der Waals surface area contributed by atoms with Gasteiger partial charge in [-0.15, -0.1) is 11.3 Å². The Morgan fingerprint density at radius 3 is 2.33 bits per heavy atom. The molecular weight excluding hydrogens is 346 g/mol. The Balaban J connectivity index is 3.43. The highest BCUT2D eigenvalue weighted by atomic mass is 32.1. The molecule has 11 nitrogen and oxygen atoms in total. The Morgan fingerprint density at radius 2 is 1.92 bits per heavy atom. The molecule has 1 rings (SSSR count). The summed E-state index contributed by atoms with van der Waals surface area (Å²) in [5, 5.41) is 24.2. The molecule has 0 aliphatic carbocycles. The van der Waals surface area contributed by atoms with Gasteiger partial charge in [-0.05, 0) is 0 Å². The highest BCUT2D eigenvalue weighted by Crippen LogP contribution is 2.28. The molecular formula is C12H15N3O8S. The van der Waals surface area contributed by atoms with Gasteiger partial charge in [-0.25, -0.2) is 19.4 Å². The molecule has 0 spiro atoms. The predicted octanol–water partition coefficient (Wildman–Crippen LogP) is -0.799. The molecule has 1 aromatic heterocycles. The Labute approximate surface area is 139 Å². The standard InChI is InChI=1S/C12H15N3O8S/c1-5(16)13-11-14-6(4-24-11)12(9(19)20,10(21)23-3)15-7(22-2)8(17)18/h4,7,15H,1-3H3,(H,17,18)(H,19,20)(H,13,14,16). The number of methoxy groups -OCH3 is 2. The van der Waals surface area contributed by atoms with Crippen molar-refractivity contribution < 1.29 is 38.9 Å². The quantitative estimate of drug-likeness (QED) is 0.262. The number of carboxylic acid groups (broad SMARTS) is 2. The van der Waals surface area contributed by atoms with Crippen LogP contribution in [0.4, 0.5) is 5.13 Å². The molecule has 1 heterocycles. The lowest BCUT2D eigenvalue weighted by molar-refractivity contribution is -0.168. The fraction of sp³-hybridized carbons (Fsp3) is 0.417. The zero-order valence-corrected chi connectivity index (χ0v) is 13.7. The van der Waals surface area contributed by atoms with Gasteiger partial charge < -0.3 is 25.0 Å². The number of esters is 1. The number of nitrogens with one attached hydrogen (secondary N) is 2.